The number of carbonyl (C=O) groups is 2. The number of nitrogens with one attached hydrogen (secondary N) is 1. The number of benzene rings is 1. The molecule has 1 saturated heterocycles. The van der Waals surface area contributed by atoms with E-state index in [1.165, 1.54) is 5.56 Å². The van der Waals surface area contributed by atoms with Gasteiger partial charge in [0.25, 0.3) is 0 Å². The summed E-state index contributed by atoms with van der Waals surface area (Å²) in [4.78, 5) is 25.5. The van der Waals surface area contributed by atoms with Gasteiger partial charge in [-0.3, -0.25) is 4.79 Å². The van der Waals surface area contributed by atoms with Crippen molar-refractivity contribution in [3.8, 4) is 0 Å². The quantitative estimate of drug-likeness (QED) is 0.875. The van der Waals surface area contributed by atoms with Crippen LogP contribution in [0.25, 0.3) is 0 Å². The lowest BCUT2D eigenvalue weighted by molar-refractivity contribution is -0.134. The number of hydrogen-bond donors (Lipinski definition) is 2. The Hall–Kier alpha value is -2.04. The van der Waals surface area contributed by atoms with Gasteiger partial charge in [0.05, 0.1) is 0 Å². The second-order valence-corrected chi connectivity index (χ2v) is 5.90. The van der Waals surface area contributed by atoms with Crippen LogP contribution < -0.4 is 11.1 Å². The minimum absolute atomic E-state index is 0.0457. The molecule has 0 aromatic heterocycles. The van der Waals surface area contributed by atoms with Crippen molar-refractivity contribution in [2.24, 2.45) is 5.73 Å². The van der Waals surface area contributed by atoms with E-state index in [1.54, 1.807) is 6.92 Å². The molecule has 0 aliphatic carbocycles. The minimum Gasteiger partial charge on any atom is -0.352 e. The molecule has 1 aliphatic rings. The van der Waals surface area contributed by atoms with E-state index in [0.717, 1.165) is 25.8 Å². The number of nitrogens with two attached hydrogens (primary N) is 1. The van der Waals surface area contributed by atoms with Gasteiger partial charge in [0.1, 0.15) is 6.04 Å². The molecule has 1 heterocycles. The molecule has 5 heteroatoms. The highest BCUT2D eigenvalue weighted by atomic mass is 16.2. The molecule has 0 unspecified atom stereocenters. The fourth-order valence-corrected chi connectivity index (χ4v) is 3.44. The number of carbonyl (C=O) groups excluding carboxylic acids is 2. The normalized spacial score (nSPS) is 20.5. The molecule has 1 aliphatic heterocycles. The number of primary amides is 1. The minimum atomic E-state index is -0.660. The number of hydrogen-bond acceptors (Lipinski definition) is 2. The van der Waals surface area contributed by atoms with Gasteiger partial charge in [0.15, 0.2) is 0 Å². The zero-order valence-corrected chi connectivity index (χ0v) is 13.3. The zero-order chi connectivity index (χ0) is 16.1. The van der Waals surface area contributed by atoms with E-state index >= 15 is 0 Å². The van der Waals surface area contributed by atoms with Crippen LogP contribution in [0.2, 0.25) is 0 Å². The Balaban J connectivity index is 2.15. The Labute approximate surface area is 131 Å². The van der Waals surface area contributed by atoms with Crippen LogP contribution >= 0.6 is 0 Å². The van der Waals surface area contributed by atoms with E-state index in [1.807, 2.05) is 23.1 Å². The first kappa shape index (κ1) is 16.3. The maximum absolute atomic E-state index is 12.6. The molecule has 2 rings (SSSR count). The fraction of sp³-hybridized carbons (Fsp3) is 0.529. The van der Waals surface area contributed by atoms with E-state index in [2.05, 4.69) is 24.4 Å². The summed E-state index contributed by atoms with van der Waals surface area (Å²) < 4.78 is 0. The van der Waals surface area contributed by atoms with Gasteiger partial charge < -0.3 is 16.0 Å². The topological polar surface area (TPSA) is 75.4 Å². The van der Waals surface area contributed by atoms with Crippen molar-refractivity contribution >= 4 is 11.9 Å². The van der Waals surface area contributed by atoms with Crippen LogP contribution in [0.4, 0.5) is 4.79 Å². The van der Waals surface area contributed by atoms with E-state index in [0.29, 0.717) is 5.92 Å². The molecule has 1 aromatic carbocycles. The highest BCUT2D eigenvalue weighted by Gasteiger charge is 2.36. The first-order valence-corrected chi connectivity index (χ1v) is 7.96. The van der Waals surface area contributed by atoms with Gasteiger partial charge in [-0.1, -0.05) is 37.3 Å². The third kappa shape index (κ3) is 3.59. The van der Waals surface area contributed by atoms with E-state index in [4.69, 9.17) is 5.73 Å². The van der Waals surface area contributed by atoms with Gasteiger partial charge in [-0.2, -0.15) is 0 Å². The summed E-state index contributed by atoms with van der Waals surface area (Å²) in [5.74, 6) is 0.282. The molecular formula is C17H25N3O2. The van der Waals surface area contributed by atoms with Crippen LogP contribution in [-0.4, -0.2) is 35.5 Å². The van der Waals surface area contributed by atoms with Crippen LogP contribution in [0.1, 0.15) is 44.6 Å². The molecule has 0 radical (unpaired) electrons. The van der Waals surface area contributed by atoms with Crippen molar-refractivity contribution in [3.63, 3.8) is 0 Å². The van der Waals surface area contributed by atoms with Gasteiger partial charge in [-0.15, -0.1) is 0 Å². The molecule has 1 aromatic rings. The summed E-state index contributed by atoms with van der Waals surface area (Å²) in [5.41, 5.74) is 6.39. The van der Waals surface area contributed by atoms with E-state index < -0.39 is 12.1 Å². The molecule has 1 fully saturated rings. The number of likely N-dealkylation sites (tertiary alicyclic amines) is 1. The summed E-state index contributed by atoms with van der Waals surface area (Å²) in [5, 5.41) is 2.48. The van der Waals surface area contributed by atoms with Crippen LogP contribution in [0.5, 0.6) is 0 Å². The molecule has 3 atom stereocenters. The zero-order valence-electron chi connectivity index (χ0n) is 13.3. The third-order valence-electron chi connectivity index (χ3n) is 4.44. The lowest BCUT2D eigenvalue weighted by atomic mass is 9.87. The van der Waals surface area contributed by atoms with Crippen molar-refractivity contribution in [1.29, 1.82) is 0 Å². The fourth-order valence-electron chi connectivity index (χ4n) is 3.44. The second kappa shape index (κ2) is 7.29. The largest absolute Gasteiger partial charge is 0.352 e. The van der Waals surface area contributed by atoms with Crippen molar-refractivity contribution in [3.05, 3.63) is 35.9 Å². The molecule has 3 amide bonds. The molecule has 5 nitrogen and oxygen atoms in total. The lowest BCUT2D eigenvalue weighted by Crippen LogP contribution is -2.50. The summed E-state index contributed by atoms with van der Waals surface area (Å²) in [6, 6.07) is 9.29. The first-order valence-electron chi connectivity index (χ1n) is 7.96. The number of amides is 3. The predicted octanol–water partition coefficient (Wildman–Crippen LogP) is 2.23. The maximum atomic E-state index is 12.6. The molecule has 22 heavy (non-hydrogen) atoms. The van der Waals surface area contributed by atoms with Gasteiger partial charge in [-0.25, -0.2) is 4.79 Å². The molecule has 0 spiro atoms. The van der Waals surface area contributed by atoms with Crippen LogP contribution in [0.3, 0.4) is 0 Å². The van der Waals surface area contributed by atoms with E-state index in [9.17, 15) is 9.59 Å². The summed E-state index contributed by atoms with van der Waals surface area (Å²) in [6.07, 6.45) is 2.99. The molecule has 0 saturated carbocycles. The molecule has 0 bridgehead atoms. The lowest BCUT2D eigenvalue weighted by Gasteiger charge is -2.33. The summed E-state index contributed by atoms with van der Waals surface area (Å²) in [7, 11) is 0. The monoisotopic (exact) mass is 303 g/mol. The van der Waals surface area contributed by atoms with Gasteiger partial charge in [-0.05, 0) is 31.7 Å². The van der Waals surface area contributed by atoms with Crippen molar-refractivity contribution in [2.45, 2.75) is 51.1 Å². The van der Waals surface area contributed by atoms with Crippen molar-refractivity contribution in [1.82, 2.24) is 10.2 Å². The van der Waals surface area contributed by atoms with Crippen LogP contribution in [0, 0.1) is 0 Å². The average molecular weight is 303 g/mol. The van der Waals surface area contributed by atoms with Gasteiger partial charge in [0.2, 0.25) is 5.91 Å². The predicted molar refractivity (Wildman–Crippen MR) is 86.4 cm³/mol. The third-order valence-corrected chi connectivity index (χ3v) is 4.44. The van der Waals surface area contributed by atoms with Crippen molar-refractivity contribution < 1.29 is 9.59 Å². The van der Waals surface area contributed by atoms with Gasteiger partial charge >= 0.3 is 6.03 Å². The summed E-state index contributed by atoms with van der Waals surface area (Å²) in [6.45, 7) is 4.59. The Kier molecular flexibility index (Phi) is 5.41. The number of nitrogens with zero attached hydrogens (tertiary/aromatic N) is 1. The average Bonchev–Trinajstić information content (AvgIpc) is 2.97. The number of rotatable bonds is 5. The maximum Gasteiger partial charge on any atom is 0.312 e. The molecular weight excluding hydrogens is 278 g/mol. The SMILES string of the molecule is CC[C@H](c1ccccc1)[C@@H]1CCCN1C(=O)[C@@H](C)NC(N)=O. The Morgan fingerprint density at radius 3 is 2.64 bits per heavy atom. The summed E-state index contributed by atoms with van der Waals surface area (Å²) >= 11 is 0. The van der Waals surface area contributed by atoms with Crippen molar-refractivity contribution in [2.75, 3.05) is 6.54 Å². The highest BCUT2D eigenvalue weighted by Crippen LogP contribution is 2.33. The first-order chi connectivity index (χ1) is 10.5. The van der Waals surface area contributed by atoms with Crippen LogP contribution in [0.15, 0.2) is 30.3 Å². The number of urea groups is 1. The standard InChI is InChI=1S/C17H25N3O2/c1-3-14(13-8-5-4-6-9-13)15-10-7-11-20(15)16(21)12(2)19-17(18)22/h4-6,8-9,12,14-15H,3,7,10-11H2,1-2H3,(H3,18,19,22)/t12-,14-,15+/m1/s1. The Morgan fingerprint density at radius 2 is 2.05 bits per heavy atom. The highest BCUT2D eigenvalue weighted by molar-refractivity contribution is 5.86. The van der Waals surface area contributed by atoms with E-state index in [-0.39, 0.29) is 11.9 Å². The molecule has 120 valence electrons. The van der Waals surface area contributed by atoms with Crippen LogP contribution in [-0.2, 0) is 4.79 Å². The molecule has 3 N–H and O–H groups in total. The van der Waals surface area contributed by atoms with Gasteiger partial charge in [0, 0.05) is 18.5 Å². The second-order valence-electron chi connectivity index (χ2n) is 5.90. The Bertz CT molecular complexity index is 518. The Morgan fingerprint density at radius 1 is 1.36 bits per heavy atom. The smallest absolute Gasteiger partial charge is 0.312 e.